The summed E-state index contributed by atoms with van der Waals surface area (Å²) in [6.07, 6.45) is 0.643. The van der Waals surface area contributed by atoms with Crippen LogP contribution in [0.2, 0.25) is 0 Å². The molecule has 0 aliphatic carbocycles. The first kappa shape index (κ1) is 20.0. The van der Waals surface area contributed by atoms with Crippen molar-refractivity contribution < 1.29 is 23.8 Å². The number of benzene rings is 1. The predicted molar refractivity (Wildman–Crippen MR) is 98.7 cm³/mol. The van der Waals surface area contributed by atoms with Crippen LogP contribution in [0.5, 0.6) is 0 Å². The lowest BCUT2D eigenvalue weighted by molar-refractivity contribution is -0.384. The Balaban J connectivity index is 1.52. The number of nitrogens with one attached hydrogen (secondary N) is 1. The highest BCUT2D eigenvalue weighted by molar-refractivity contribution is 5.95. The van der Waals surface area contributed by atoms with Gasteiger partial charge in [-0.15, -0.1) is 0 Å². The smallest absolute Gasteiger partial charge is 0.294 e. The molecule has 1 aromatic heterocycles. The molecule has 1 aliphatic heterocycles. The van der Waals surface area contributed by atoms with Crippen LogP contribution in [0.1, 0.15) is 39.4 Å². The van der Waals surface area contributed by atoms with E-state index in [-0.39, 0.29) is 35.8 Å². The van der Waals surface area contributed by atoms with Crippen LogP contribution in [-0.2, 0) is 4.79 Å². The third-order valence-electron chi connectivity index (χ3n) is 4.37. The average Bonchev–Trinajstić information content (AvgIpc) is 3.36. The van der Waals surface area contributed by atoms with Gasteiger partial charge in [0.1, 0.15) is 5.76 Å². The van der Waals surface area contributed by atoms with Crippen molar-refractivity contribution in [3.8, 4) is 0 Å². The van der Waals surface area contributed by atoms with E-state index in [1.54, 1.807) is 6.92 Å². The first-order valence-corrected chi connectivity index (χ1v) is 8.95. The van der Waals surface area contributed by atoms with E-state index in [0.717, 1.165) is 0 Å². The van der Waals surface area contributed by atoms with Crippen LogP contribution in [0.4, 0.5) is 5.69 Å². The number of hydrogen-bond donors (Lipinski definition) is 1. The number of aryl methyl sites for hydroxylation is 1. The predicted octanol–water partition coefficient (Wildman–Crippen LogP) is 1.30. The minimum atomic E-state index is -0.552. The van der Waals surface area contributed by atoms with Crippen molar-refractivity contribution >= 4 is 23.4 Å². The van der Waals surface area contributed by atoms with Gasteiger partial charge >= 0.3 is 0 Å². The molecule has 0 atom stereocenters. The Kier molecular flexibility index (Phi) is 5.86. The van der Waals surface area contributed by atoms with Crippen molar-refractivity contribution in [1.29, 1.82) is 0 Å². The number of rotatable bonds is 6. The van der Waals surface area contributed by atoms with Gasteiger partial charge in [0, 0.05) is 49.8 Å². The third-order valence-corrected chi connectivity index (χ3v) is 4.37. The summed E-state index contributed by atoms with van der Waals surface area (Å²) < 4.78 is 4.91. The van der Waals surface area contributed by atoms with Gasteiger partial charge in [0.05, 0.1) is 4.92 Å². The molecule has 2 aromatic rings. The van der Waals surface area contributed by atoms with Crippen molar-refractivity contribution in [1.82, 2.24) is 20.5 Å². The Morgan fingerprint density at radius 2 is 1.90 bits per heavy atom. The van der Waals surface area contributed by atoms with Gasteiger partial charge in [-0.05, 0) is 25.5 Å². The average molecular weight is 401 g/mol. The lowest BCUT2D eigenvalue weighted by Crippen LogP contribution is -2.45. The molecular formula is C18H19N5O6. The third kappa shape index (κ3) is 4.57. The van der Waals surface area contributed by atoms with Gasteiger partial charge in [-0.1, -0.05) is 5.16 Å². The van der Waals surface area contributed by atoms with Gasteiger partial charge in [-0.25, -0.2) is 5.01 Å². The van der Waals surface area contributed by atoms with E-state index < -0.39 is 16.7 Å². The molecule has 0 radical (unpaired) electrons. The van der Waals surface area contributed by atoms with Gasteiger partial charge < -0.3 is 9.84 Å². The van der Waals surface area contributed by atoms with E-state index in [1.807, 2.05) is 0 Å². The van der Waals surface area contributed by atoms with Gasteiger partial charge in [0.25, 0.3) is 17.5 Å². The van der Waals surface area contributed by atoms with Crippen LogP contribution < -0.4 is 5.32 Å². The van der Waals surface area contributed by atoms with Crippen molar-refractivity contribution in [3.63, 3.8) is 0 Å². The summed E-state index contributed by atoms with van der Waals surface area (Å²) in [4.78, 5) is 47.2. The number of amides is 3. The number of nitro benzene ring substituents is 1. The standard InChI is InChI=1S/C18H19N5O6/c1-12-11-15(20-29-12)18(26)22-10-2-9-21(22)16(24)7-8-19-17(25)13-3-5-14(6-4-13)23(27)28/h3-6,11H,2,7-10H2,1H3,(H,19,25). The Labute approximate surface area is 165 Å². The van der Waals surface area contributed by atoms with Gasteiger partial charge in [-0.2, -0.15) is 0 Å². The fourth-order valence-electron chi connectivity index (χ4n) is 2.93. The van der Waals surface area contributed by atoms with Crippen LogP contribution in [0.15, 0.2) is 34.9 Å². The summed E-state index contributed by atoms with van der Waals surface area (Å²) >= 11 is 0. The molecule has 11 nitrogen and oxygen atoms in total. The lowest BCUT2D eigenvalue weighted by atomic mass is 10.2. The summed E-state index contributed by atoms with van der Waals surface area (Å²) in [5.41, 5.74) is 0.272. The Morgan fingerprint density at radius 3 is 2.52 bits per heavy atom. The zero-order valence-corrected chi connectivity index (χ0v) is 15.7. The first-order valence-electron chi connectivity index (χ1n) is 8.95. The maximum Gasteiger partial charge on any atom is 0.294 e. The normalized spacial score (nSPS) is 13.4. The van der Waals surface area contributed by atoms with Gasteiger partial charge in [0.2, 0.25) is 5.91 Å². The Hall–Kier alpha value is -3.76. The van der Waals surface area contributed by atoms with Gasteiger partial charge in [0.15, 0.2) is 5.69 Å². The minimum Gasteiger partial charge on any atom is -0.361 e. The second-order valence-corrected chi connectivity index (χ2v) is 6.43. The van der Waals surface area contributed by atoms with Crippen molar-refractivity contribution in [3.05, 3.63) is 57.5 Å². The maximum absolute atomic E-state index is 12.5. The number of carbonyl (C=O) groups excluding carboxylic acids is 3. The fraction of sp³-hybridized carbons (Fsp3) is 0.333. The van der Waals surface area contributed by atoms with E-state index in [2.05, 4.69) is 10.5 Å². The van der Waals surface area contributed by atoms with Crippen molar-refractivity contribution in [2.45, 2.75) is 19.8 Å². The molecule has 3 rings (SSSR count). The van der Waals surface area contributed by atoms with E-state index in [4.69, 9.17) is 4.52 Å². The highest BCUT2D eigenvalue weighted by Gasteiger charge is 2.32. The van der Waals surface area contributed by atoms with E-state index >= 15 is 0 Å². The number of hydrogen-bond acceptors (Lipinski definition) is 7. The second-order valence-electron chi connectivity index (χ2n) is 6.43. The molecule has 1 fully saturated rings. The topological polar surface area (TPSA) is 139 Å². The molecule has 1 saturated heterocycles. The summed E-state index contributed by atoms with van der Waals surface area (Å²) in [6.45, 7) is 2.53. The molecule has 0 spiro atoms. The maximum atomic E-state index is 12.5. The SMILES string of the molecule is Cc1cc(C(=O)N2CCCN2C(=O)CCNC(=O)c2ccc([N+](=O)[O-])cc2)no1. The minimum absolute atomic E-state index is 0.000342. The number of carbonyl (C=O) groups is 3. The van der Waals surface area contributed by atoms with Crippen molar-refractivity contribution in [2.24, 2.45) is 0 Å². The molecular weight excluding hydrogens is 382 g/mol. The van der Waals surface area contributed by atoms with E-state index in [1.165, 1.54) is 40.3 Å². The molecule has 0 unspecified atom stereocenters. The molecule has 0 saturated carbocycles. The van der Waals surface area contributed by atoms with Crippen LogP contribution in [-0.4, -0.2) is 57.5 Å². The monoisotopic (exact) mass is 401 g/mol. The van der Waals surface area contributed by atoms with Crippen molar-refractivity contribution in [2.75, 3.05) is 19.6 Å². The zero-order chi connectivity index (χ0) is 21.0. The lowest BCUT2D eigenvalue weighted by Gasteiger charge is -2.27. The summed E-state index contributed by atoms with van der Waals surface area (Å²) in [5.74, 6) is -0.665. The van der Waals surface area contributed by atoms with E-state index in [0.29, 0.717) is 25.3 Å². The van der Waals surface area contributed by atoms with Crippen LogP contribution in [0, 0.1) is 17.0 Å². The zero-order valence-electron chi connectivity index (χ0n) is 15.7. The molecule has 3 amide bonds. The van der Waals surface area contributed by atoms with Gasteiger partial charge in [-0.3, -0.25) is 29.5 Å². The number of aromatic nitrogens is 1. The molecule has 29 heavy (non-hydrogen) atoms. The van der Waals surface area contributed by atoms with Crippen LogP contribution in [0.3, 0.4) is 0 Å². The molecule has 1 aliphatic rings. The Morgan fingerprint density at radius 1 is 1.21 bits per heavy atom. The Bertz CT molecular complexity index is 938. The summed E-state index contributed by atoms with van der Waals surface area (Å²) in [6, 6.07) is 6.67. The van der Waals surface area contributed by atoms with Crippen LogP contribution in [0.25, 0.3) is 0 Å². The van der Waals surface area contributed by atoms with Crippen LogP contribution >= 0.6 is 0 Å². The molecule has 1 aromatic carbocycles. The highest BCUT2D eigenvalue weighted by atomic mass is 16.6. The number of non-ortho nitro benzene ring substituents is 1. The number of nitrogens with zero attached hydrogens (tertiary/aromatic N) is 4. The molecule has 1 N–H and O–H groups in total. The molecule has 0 bridgehead atoms. The number of nitro groups is 1. The highest BCUT2D eigenvalue weighted by Crippen LogP contribution is 2.16. The summed E-state index contributed by atoms with van der Waals surface area (Å²) in [7, 11) is 0. The number of hydrazine groups is 1. The quantitative estimate of drug-likeness (QED) is 0.568. The fourth-order valence-corrected chi connectivity index (χ4v) is 2.93. The molecule has 11 heteroatoms. The second kappa shape index (κ2) is 8.50. The molecule has 152 valence electrons. The van der Waals surface area contributed by atoms with E-state index in [9.17, 15) is 24.5 Å². The summed E-state index contributed by atoms with van der Waals surface area (Å²) in [5, 5.41) is 19.6. The first-order chi connectivity index (χ1) is 13.9. The largest absolute Gasteiger partial charge is 0.361 e. The molecule has 2 heterocycles.